The molecule has 172 valence electrons. The number of halogens is 4. The molecular formula is C28H20F4O2. The van der Waals surface area contributed by atoms with Crippen molar-refractivity contribution in [1.82, 2.24) is 0 Å². The quantitative estimate of drug-likeness (QED) is 0.172. The summed E-state index contributed by atoms with van der Waals surface area (Å²) in [6.07, 6.45) is 0.358. The molecule has 0 N–H and O–H groups in total. The molecule has 0 spiro atoms. The third kappa shape index (κ3) is 4.44. The lowest BCUT2D eigenvalue weighted by atomic mass is 10.0. The van der Waals surface area contributed by atoms with Crippen molar-refractivity contribution in [2.75, 3.05) is 0 Å². The number of aryl methyl sites for hydroxylation is 2. The highest BCUT2D eigenvalue weighted by Crippen LogP contribution is 2.31. The van der Waals surface area contributed by atoms with Crippen LogP contribution in [0.1, 0.15) is 28.4 Å². The van der Waals surface area contributed by atoms with E-state index in [4.69, 9.17) is 4.74 Å². The molecule has 0 atom stereocenters. The summed E-state index contributed by atoms with van der Waals surface area (Å²) < 4.78 is 62.8. The Morgan fingerprint density at radius 3 is 1.79 bits per heavy atom. The molecule has 0 saturated heterocycles. The summed E-state index contributed by atoms with van der Waals surface area (Å²) in [6, 6.07) is 18.0. The minimum absolute atomic E-state index is 0.0391. The van der Waals surface area contributed by atoms with E-state index >= 15 is 0 Å². The zero-order valence-corrected chi connectivity index (χ0v) is 18.5. The van der Waals surface area contributed by atoms with Crippen LogP contribution in [0.3, 0.4) is 0 Å². The average molecular weight is 464 g/mol. The topological polar surface area (TPSA) is 26.3 Å². The first-order valence-corrected chi connectivity index (χ1v) is 10.6. The number of hydrogen-bond donors (Lipinski definition) is 0. The van der Waals surface area contributed by atoms with Gasteiger partial charge in [-0.25, -0.2) is 18.0 Å². The second-order valence-electron chi connectivity index (χ2n) is 7.83. The monoisotopic (exact) mass is 464 g/mol. The molecular weight excluding hydrogens is 444 g/mol. The molecule has 4 aromatic carbocycles. The number of ether oxygens (including phenoxy) is 1. The molecule has 0 amide bonds. The lowest BCUT2D eigenvalue weighted by Crippen LogP contribution is -2.10. The van der Waals surface area contributed by atoms with Gasteiger partial charge in [0.25, 0.3) is 0 Å². The lowest BCUT2D eigenvalue weighted by molar-refractivity contribution is 0.0727. The van der Waals surface area contributed by atoms with Crippen LogP contribution < -0.4 is 4.74 Å². The Morgan fingerprint density at radius 1 is 0.676 bits per heavy atom. The largest absolute Gasteiger partial charge is 0.420 e. The van der Waals surface area contributed by atoms with E-state index in [2.05, 4.69) is 0 Å². The van der Waals surface area contributed by atoms with E-state index in [0.29, 0.717) is 17.5 Å². The summed E-state index contributed by atoms with van der Waals surface area (Å²) in [6.45, 7) is 3.61. The van der Waals surface area contributed by atoms with Gasteiger partial charge in [0.15, 0.2) is 23.2 Å². The third-order valence-electron chi connectivity index (χ3n) is 5.59. The molecule has 6 heteroatoms. The van der Waals surface area contributed by atoms with Gasteiger partial charge in [-0.1, -0.05) is 61.0 Å². The molecule has 34 heavy (non-hydrogen) atoms. The first-order valence-electron chi connectivity index (χ1n) is 10.6. The van der Waals surface area contributed by atoms with Crippen LogP contribution in [-0.4, -0.2) is 5.97 Å². The zero-order valence-electron chi connectivity index (χ0n) is 18.5. The summed E-state index contributed by atoms with van der Waals surface area (Å²) in [7, 11) is 0. The highest BCUT2D eigenvalue weighted by molar-refractivity contribution is 5.91. The summed E-state index contributed by atoms with van der Waals surface area (Å²) >= 11 is 0. The van der Waals surface area contributed by atoms with Crippen LogP contribution in [0.4, 0.5) is 17.6 Å². The van der Waals surface area contributed by atoms with Gasteiger partial charge in [0, 0.05) is 11.1 Å². The Bertz CT molecular complexity index is 1360. The predicted molar refractivity (Wildman–Crippen MR) is 123 cm³/mol. The minimum atomic E-state index is -1.28. The van der Waals surface area contributed by atoms with E-state index in [-0.39, 0.29) is 22.3 Å². The summed E-state index contributed by atoms with van der Waals surface area (Å²) in [5.41, 5.74) is 2.23. The van der Waals surface area contributed by atoms with E-state index in [1.165, 1.54) is 48.5 Å². The number of hydrogen-bond acceptors (Lipinski definition) is 2. The highest BCUT2D eigenvalue weighted by Gasteiger charge is 2.19. The maximum absolute atomic E-state index is 14.6. The van der Waals surface area contributed by atoms with E-state index in [1.807, 2.05) is 6.92 Å². The molecule has 0 fully saturated rings. The van der Waals surface area contributed by atoms with Gasteiger partial charge in [-0.05, 0) is 54.3 Å². The molecule has 0 aliphatic rings. The summed E-state index contributed by atoms with van der Waals surface area (Å²) in [5, 5.41) is 0. The van der Waals surface area contributed by atoms with Crippen LogP contribution in [0.15, 0.2) is 72.8 Å². The van der Waals surface area contributed by atoms with Crippen LogP contribution in [-0.2, 0) is 6.42 Å². The van der Waals surface area contributed by atoms with Gasteiger partial charge in [-0.2, -0.15) is 4.39 Å². The zero-order chi connectivity index (χ0) is 24.4. The fourth-order valence-corrected chi connectivity index (χ4v) is 3.60. The first kappa shape index (κ1) is 23.2. The number of carbonyl (C=O) groups excluding carboxylic acids is 1. The van der Waals surface area contributed by atoms with Crippen molar-refractivity contribution in [2.24, 2.45) is 0 Å². The van der Waals surface area contributed by atoms with Crippen molar-refractivity contribution in [1.29, 1.82) is 0 Å². The summed E-state index contributed by atoms with van der Waals surface area (Å²) in [4.78, 5) is 12.5. The summed E-state index contributed by atoms with van der Waals surface area (Å²) in [5.74, 6) is -5.75. The maximum atomic E-state index is 14.6. The number of benzene rings is 4. The first-order chi connectivity index (χ1) is 16.3. The van der Waals surface area contributed by atoms with Crippen LogP contribution in [0, 0.1) is 30.2 Å². The minimum Gasteiger partial charge on any atom is -0.420 e. The van der Waals surface area contributed by atoms with Gasteiger partial charge in [-0.3, -0.25) is 0 Å². The second-order valence-corrected chi connectivity index (χ2v) is 7.83. The van der Waals surface area contributed by atoms with E-state index < -0.39 is 35.0 Å². The molecule has 4 aromatic rings. The van der Waals surface area contributed by atoms with Crippen molar-refractivity contribution in [3.8, 4) is 28.0 Å². The molecule has 0 heterocycles. The van der Waals surface area contributed by atoms with E-state index in [1.54, 1.807) is 31.2 Å². The molecule has 0 bridgehead atoms. The van der Waals surface area contributed by atoms with Crippen LogP contribution in [0.2, 0.25) is 0 Å². The standard InChI is InChI=1S/C28H20F4O2/c1-3-17-12-13-21(25(30)24(17)29)19-8-10-20(11-9-19)28(33)34-23-15-14-22(26(31)27(23)32)18-6-4-16(2)5-7-18/h4-15H,3H2,1-2H3. The van der Waals surface area contributed by atoms with Gasteiger partial charge in [0.2, 0.25) is 5.82 Å². The lowest BCUT2D eigenvalue weighted by Gasteiger charge is -2.11. The van der Waals surface area contributed by atoms with Crippen molar-refractivity contribution in [2.45, 2.75) is 20.3 Å². The number of rotatable bonds is 5. The van der Waals surface area contributed by atoms with E-state index in [0.717, 1.165) is 5.56 Å². The van der Waals surface area contributed by atoms with Gasteiger partial charge >= 0.3 is 5.97 Å². The number of carbonyl (C=O) groups is 1. The van der Waals surface area contributed by atoms with Crippen LogP contribution in [0.25, 0.3) is 22.3 Å². The van der Waals surface area contributed by atoms with Gasteiger partial charge < -0.3 is 4.74 Å². The Hall–Kier alpha value is -3.93. The molecule has 4 rings (SSSR count). The highest BCUT2D eigenvalue weighted by atomic mass is 19.2. The smallest absolute Gasteiger partial charge is 0.343 e. The third-order valence-corrected chi connectivity index (χ3v) is 5.59. The molecule has 0 saturated carbocycles. The maximum Gasteiger partial charge on any atom is 0.343 e. The molecule has 0 aromatic heterocycles. The van der Waals surface area contributed by atoms with Crippen molar-refractivity contribution in [3.05, 3.63) is 113 Å². The van der Waals surface area contributed by atoms with Gasteiger partial charge in [0.05, 0.1) is 5.56 Å². The van der Waals surface area contributed by atoms with Crippen molar-refractivity contribution < 1.29 is 27.1 Å². The van der Waals surface area contributed by atoms with Gasteiger partial charge in [0.1, 0.15) is 0 Å². The Labute approximate surface area is 194 Å². The molecule has 2 nitrogen and oxygen atoms in total. The van der Waals surface area contributed by atoms with E-state index in [9.17, 15) is 22.4 Å². The Kier molecular flexibility index (Phi) is 6.50. The SMILES string of the molecule is CCc1ccc(-c2ccc(C(=O)Oc3ccc(-c4ccc(C)cc4)c(F)c3F)cc2)c(F)c1F. The fourth-order valence-electron chi connectivity index (χ4n) is 3.60. The van der Waals surface area contributed by atoms with Gasteiger partial charge in [-0.15, -0.1) is 0 Å². The van der Waals surface area contributed by atoms with Crippen molar-refractivity contribution in [3.63, 3.8) is 0 Å². The van der Waals surface area contributed by atoms with Crippen LogP contribution in [0.5, 0.6) is 5.75 Å². The van der Waals surface area contributed by atoms with Crippen LogP contribution >= 0.6 is 0 Å². The fraction of sp³-hybridized carbons (Fsp3) is 0.107. The molecule has 0 aliphatic carbocycles. The number of esters is 1. The molecule has 0 aliphatic heterocycles. The Morgan fingerprint density at radius 2 is 1.21 bits per heavy atom. The normalized spacial score (nSPS) is 10.9. The second kappa shape index (κ2) is 9.51. The Balaban J connectivity index is 1.55. The predicted octanol–water partition coefficient (Wildman–Crippen LogP) is 7.67. The molecule has 0 radical (unpaired) electrons. The van der Waals surface area contributed by atoms with Crippen molar-refractivity contribution >= 4 is 5.97 Å². The molecule has 0 unspecified atom stereocenters. The average Bonchev–Trinajstić information content (AvgIpc) is 2.84.